The van der Waals surface area contributed by atoms with Gasteiger partial charge < -0.3 is 5.32 Å². The van der Waals surface area contributed by atoms with Crippen molar-refractivity contribution < 1.29 is 9.18 Å². The first-order valence-corrected chi connectivity index (χ1v) is 7.91. The van der Waals surface area contributed by atoms with E-state index < -0.39 is 0 Å². The van der Waals surface area contributed by atoms with Crippen LogP contribution in [0.2, 0.25) is 0 Å². The molecule has 1 aliphatic carbocycles. The zero-order chi connectivity index (χ0) is 16.4. The van der Waals surface area contributed by atoms with Gasteiger partial charge in [-0.25, -0.2) is 4.39 Å². The topological polar surface area (TPSA) is 42.0 Å². The molecule has 0 unspecified atom stereocenters. The van der Waals surface area contributed by atoms with Crippen molar-refractivity contribution >= 4 is 5.91 Å². The Morgan fingerprint density at radius 3 is 2.87 bits per heavy atom. The Balaban J connectivity index is 1.57. The van der Waals surface area contributed by atoms with E-state index in [0.717, 1.165) is 17.5 Å². The molecule has 1 amide bonds. The number of rotatable bonds is 5. The van der Waals surface area contributed by atoms with Gasteiger partial charge in [-0.15, -0.1) is 0 Å². The number of benzene rings is 1. The zero-order valence-electron chi connectivity index (χ0n) is 13.4. The maximum absolute atomic E-state index is 13.4. The number of pyridine rings is 1. The van der Waals surface area contributed by atoms with Crippen molar-refractivity contribution in [1.82, 2.24) is 10.3 Å². The highest BCUT2D eigenvalue weighted by molar-refractivity contribution is 5.83. The van der Waals surface area contributed by atoms with E-state index in [9.17, 15) is 9.18 Å². The fourth-order valence-electron chi connectivity index (χ4n) is 2.90. The molecule has 2 aromatic rings. The molecule has 120 valence electrons. The summed E-state index contributed by atoms with van der Waals surface area (Å²) < 4.78 is 13.4. The minimum absolute atomic E-state index is 0.0301. The molecule has 1 aromatic carbocycles. The fourth-order valence-corrected chi connectivity index (χ4v) is 2.90. The van der Waals surface area contributed by atoms with Gasteiger partial charge >= 0.3 is 0 Å². The van der Waals surface area contributed by atoms with Crippen molar-refractivity contribution in [3.63, 3.8) is 0 Å². The first-order valence-electron chi connectivity index (χ1n) is 7.91. The summed E-state index contributed by atoms with van der Waals surface area (Å²) in [5.74, 6) is 0.132. The maximum atomic E-state index is 13.4. The molecular formula is C19H21FN2O. The van der Waals surface area contributed by atoms with Crippen LogP contribution in [-0.4, -0.2) is 17.4 Å². The summed E-state index contributed by atoms with van der Waals surface area (Å²) in [7, 11) is 0. The number of nitrogens with one attached hydrogen (secondary N) is 1. The number of amides is 1. The van der Waals surface area contributed by atoms with Crippen LogP contribution in [0.4, 0.5) is 4.39 Å². The Hall–Kier alpha value is -2.23. The lowest BCUT2D eigenvalue weighted by Crippen LogP contribution is -2.37. The number of nitrogens with zero attached hydrogens (tertiary/aromatic N) is 1. The Labute approximate surface area is 135 Å². The molecule has 0 saturated heterocycles. The molecule has 1 aromatic heterocycles. The largest absolute Gasteiger partial charge is 0.355 e. The quantitative estimate of drug-likeness (QED) is 0.919. The molecule has 2 atom stereocenters. The molecule has 0 spiro atoms. The molecule has 0 aliphatic heterocycles. The first kappa shape index (κ1) is 15.7. The molecule has 3 nitrogen and oxygen atoms in total. The number of carbonyl (C=O) groups is 1. The van der Waals surface area contributed by atoms with E-state index in [1.165, 1.54) is 12.1 Å². The van der Waals surface area contributed by atoms with Gasteiger partial charge in [-0.2, -0.15) is 0 Å². The van der Waals surface area contributed by atoms with Crippen LogP contribution in [0.1, 0.15) is 37.3 Å². The Morgan fingerprint density at radius 1 is 1.35 bits per heavy atom. The second-order valence-corrected chi connectivity index (χ2v) is 6.85. The highest BCUT2D eigenvalue weighted by atomic mass is 19.1. The van der Waals surface area contributed by atoms with Crippen LogP contribution >= 0.6 is 0 Å². The molecule has 0 radical (unpaired) electrons. The maximum Gasteiger partial charge on any atom is 0.223 e. The van der Waals surface area contributed by atoms with Crippen molar-refractivity contribution in [2.75, 3.05) is 6.54 Å². The van der Waals surface area contributed by atoms with Crippen LogP contribution in [0.3, 0.4) is 0 Å². The monoisotopic (exact) mass is 312 g/mol. The molecule has 1 saturated carbocycles. The second kappa shape index (κ2) is 6.11. The normalized spacial score (nSPS) is 20.1. The van der Waals surface area contributed by atoms with Crippen molar-refractivity contribution in [1.29, 1.82) is 0 Å². The van der Waals surface area contributed by atoms with E-state index in [1.54, 1.807) is 12.3 Å². The molecule has 1 heterocycles. The molecular weight excluding hydrogens is 291 g/mol. The van der Waals surface area contributed by atoms with E-state index in [-0.39, 0.29) is 29.0 Å². The number of carbonyl (C=O) groups excluding carboxylic acids is 1. The molecule has 4 heteroatoms. The first-order chi connectivity index (χ1) is 11.0. The zero-order valence-corrected chi connectivity index (χ0v) is 13.4. The molecule has 1 N–H and O–H groups in total. The average Bonchev–Trinajstić information content (AvgIpc) is 3.34. The highest BCUT2D eigenvalue weighted by Crippen LogP contribution is 2.47. The summed E-state index contributed by atoms with van der Waals surface area (Å²) in [6, 6.07) is 10.5. The third-order valence-electron chi connectivity index (χ3n) is 4.55. The van der Waals surface area contributed by atoms with Gasteiger partial charge in [-0.3, -0.25) is 9.78 Å². The molecule has 3 rings (SSSR count). The molecule has 1 aliphatic rings. The van der Waals surface area contributed by atoms with Gasteiger partial charge in [0.2, 0.25) is 5.91 Å². The standard InChI is InChI=1S/C19H21FN2O/c1-19(2,14-6-3-7-15(20)9-14)12-22-18(23)17-10-16(17)13-5-4-8-21-11-13/h3-9,11,16-17H,10,12H2,1-2H3,(H,22,23)/t16-,17+/m0/s1. The minimum atomic E-state index is -0.309. The van der Waals surface area contributed by atoms with Crippen molar-refractivity contribution in [3.05, 3.63) is 65.7 Å². The molecule has 23 heavy (non-hydrogen) atoms. The van der Waals surface area contributed by atoms with Gasteiger partial charge in [0.1, 0.15) is 5.82 Å². The van der Waals surface area contributed by atoms with Crippen molar-refractivity contribution in [3.8, 4) is 0 Å². The lowest BCUT2D eigenvalue weighted by atomic mass is 9.84. The predicted octanol–water partition coefficient (Wildman–Crippen LogP) is 3.42. The van der Waals surface area contributed by atoms with Crippen LogP contribution in [0.5, 0.6) is 0 Å². The van der Waals surface area contributed by atoms with E-state index in [4.69, 9.17) is 0 Å². The van der Waals surface area contributed by atoms with E-state index in [1.807, 2.05) is 38.2 Å². The Morgan fingerprint density at radius 2 is 2.17 bits per heavy atom. The van der Waals surface area contributed by atoms with Gasteiger partial charge in [0.05, 0.1) is 0 Å². The van der Waals surface area contributed by atoms with Crippen LogP contribution in [0.25, 0.3) is 0 Å². The lowest BCUT2D eigenvalue weighted by Gasteiger charge is -2.25. The van der Waals surface area contributed by atoms with Crippen LogP contribution in [0.15, 0.2) is 48.8 Å². The van der Waals surface area contributed by atoms with Gasteiger partial charge in [-0.1, -0.05) is 32.0 Å². The third-order valence-corrected chi connectivity index (χ3v) is 4.55. The Bertz CT molecular complexity index is 700. The minimum Gasteiger partial charge on any atom is -0.355 e. The Kier molecular flexibility index (Phi) is 4.16. The van der Waals surface area contributed by atoms with Crippen LogP contribution < -0.4 is 5.32 Å². The second-order valence-electron chi connectivity index (χ2n) is 6.85. The third kappa shape index (κ3) is 3.58. The molecule has 0 bridgehead atoms. The van der Waals surface area contributed by atoms with Crippen molar-refractivity contribution in [2.24, 2.45) is 5.92 Å². The van der Waals surface area contributed by atoms with E-state index in [0.29, 0.717) is 6.54 Å². The van der Waals surface area contributed by atoms with Crippen LogP contribution in [0, 0.1) is 11.7 Å². The predicted molar refractivity (Wildman–Crippen MR) is 87.5 cm³/mol. The number of halogens is 1. The fraction of sp³-hybridized carbons (Fsp3) is 0.368. The number of hydrogen-bond donors (Lipinski definition) is 1. The van der Waals surface area contributed by atoms with Gasteiger partial charge in [0, 0.05) is 30.3 Å². The SMILES string of the molecule is CC(C)(CNC(=O)[C@@H]1C[C@H]1c1cccnc1)c1cccc(F)c1. The van der Waals surface area contributed by atoms with Gasteiger partial charge in [0.25, 0.3) is 0 Å². The number of hydrogen-bond acceptors (Lipinski definition) is 2. The van der Waals surface area contributed by atoms with Gasteiger partial charge in [-0.05, 0) is 41.7 Å². The number of aromatic nitrogens is 1. The summed E-state index contributed by atoms with van der Waals surface area (Å²) in [6.07, 6.45) is 4.44. The lowest BCUT2D eigenvalue weighted by molar-refractivity contribution is -0.122. The average molecular weight is 312 g/mol. The molecule has 1 fully saturated rings. The summed E-state index contributed by atoms with van der Waals surface area (Å²) in [6.45, 7) is 4.51. The van der Waals surface area contributed by atoms with E-state index in [2.05, 4.69) is 10.3 Å². The highest BCUT2D eigenvalue weighted by Gasteiger charge is 2.44. The summed E-state index contributed by atoms with van der Waals surface area (Å²) in [4.78, 5) is 16.4. The van der Waals surface area contributed by atoms with Crippen LogP contribution in [-0.2, 0) is 10.2 Å². The van der Waals surface area contributed by atoms with Gasteiger partial charge in [0.15, 0.2) is 0 Å². The summed E-state index contributed by atoms with van der Waals surface area (Å²) >= 11 is 0. The smallest absolute Gasteiger partial charge is 0.223 e. The van der Waals surface area contributed by atoms with Crippen molar-refractivity contribution in [2.45, 2.75) is 31.6 Å². The van der Waals surface area contributed by atoms with E-state index >= 15 is 0 Å². The summed E-state index contributed by atoms with van der Waals surface area (Å²) in [5.41, 5.74) is 1.70. The summed E-state index contributed by atoms with van der Waals surface area (Å²) in [5, 5.41) is 3.02.